The molecule has 0 fully saturated rings. The standard InChI is InChI=1S/C54H33N7S/c1-4-15-34(16-5-1)35-27-29-38(30-28-35)50-55-49(36-17-6-2-7-18-36)56-52(57-50)39-31-32-47-44(33-39)42-23-14-24-43(48(42)62-47)53-58-51(37-19-8-3-9-20-37)59-54(60-53)61-45-25-12-10-21-40(45)41-22-11-13-26-46(41)61/h1-33H. The summed E-state index contributed by atoms with van der Waals surface area (Å²) in [6.45, 7) is 0. The van der Waals surface area contributed by atoms with Gasteiger partial charge in [0.25, 0.3) is 0 Å². The second-order valence-corrected chi connectivity index (χ2v) is 16.2. The molecule has 62 heavy (non-hydrogen) atoms. The van der Waals surface area contributed by atoms with E-state index in [0.29, 0.717) is 35.1 Å². The Balaban J connectivity index is 1.01. The van der Waals surface area contributed by atoms with Crippen LogP contribution in [0.25, 0.3) is 116 Å². The van der Waals surface area contributed by atoms with Gasteiger partial charge in [-0.1, -0.05) is 164 Å². The predicted octanol–water partition coefficient (Wildman–Crippen LogP) is 13.5. The number of benzene rings is 8. The lowest BCUT2D eigenvalue weighted by Gasteiger charge is -2.11. The highest BCUT2D eigenvalue weighted by molar-refractivity contribution is 7.26. The summed E-state index contributed by atoms with van der Waals surface area (Å²) in [5, 5.41) is 4.52. The van der Waals surface area contributed by atoms with E-state index in [1.165, 1.54) is 0 Å². The fourth-order valence-corrected chi connectivity index (χ4v) is 9.54. The van der Waals surface area contributed by atoms with Crippen molar-refractivity contribution in [1.82, 2.24) is 34.5 Å². The minimum absolute atomic E-state index is 0.571. The molecule has 290 valence electrons. The molecule has 8 heteroatoms. The first kappa shape index (κ1) is 35.7. The van der Waals surface area contributed by atoms with Crippen molar-refractivity contribution in [1.29, 1.82) is 0 Å². The van der Waals surface area contributed by atoms with Crippen LogP contribution in [-0.2, 0) is 0 Å². The average molecular weight is 812 g/mol. The summed E-state index contributed by atoms with van der Waals surface area (Å²) in [6, 6.07) is 68.8. The zero-order chi connectivity index (χ0) is 41.0. The lowest BCUT2D eigenvalue weighted by Crippen LogP contribution is -2.06. The molecule has 0 unspecified atom stereocenters. The Hall–Kier alpha value is -8.20. The monoisotopic (exact) mass is 811 g/mol. The number of hydrogen-bond donors (Lipinski definition) is 0. The molecule has 0 aliphatic rings. The quantitative estimate of drug-likeness (QED) is 0.159. The van der Waals surface area contributed by atoms with Gasteiger partial charge in [0, 0.05) is 58.8 Å². The molecule has 0 amide bonds. The second-order valence-electron chi connectivity index (χ2n) is 15.1. The third kappa shape index (κ3) is 6.20. The van der Waals surface area contributed by atoms with Crippen LogP contribution >= 0.6 is 11.3 Å². The van der Waals surface area contributed by atoms with Gasteiger partial charge in [-0.15, -0.1) is 11.3 Å². The van der Waals surface area contributed by atoms with E-state index in [-0.39, 0.29) is 0 Å². The van der Waals surface area contributed by atoms with Crippen molar-refractivity contribution in [2.75, 3.05) is 0 Å². The Morgan fingerprint density at radius 1 is 0.306 bits per heavy atom. The van der Waals surface area contributed by atoms with Crippen LogP contribution in [0.5, 0.6) is 0 Å². The maximum Gasteiger partial charge on any atom is 0.238 e. The van der Waals surface area contributed by atoms with Gasteiger partial charge in [-0.3, -0.25) is 4.57 Å². The summed E-state index contributed by atoms with van der Waals surface area (Å²) in [6.07, 6.45) is 0. The van der Waals surface area contributed by atoms with Gasteiger partial charge in [-0.2, -0.15) is 9.97 Å². The average Bonchev–Trinajstić information content (AvgIpc) is 3.90. The first-order valence-corrected chi connectivity index (χ1v) is 21.3. The van der Waals surface area contributed by atoms with Crippen molar-refractivity contribution in [3.8, 4) is 74.0 Å². The van der Waals surface area contributed by atoms with Gasteiger partial charge in [-0.25, -0.2) is 19.9 Å². The van der Waals surface area contributed by atoms with Crippen LogP contribution < -0.4 is 0 Å². The molecule has 0 saturated carbocycles. The predicted molar refractivity (Wildman–Crippen MR) is 253 cm³/mol. The Morgan fingerprint density at radius 3 is 1.37 bits per heavy atom. The van der Waals surface area contributed by atoms with Crippen molar-refractivity contribution in [2.24, 2.45) is 0 Å². The van der Waals surface area contributed by atoms with Gasteiger partial charge < -0.3 is 0 Å². The molecule has 12 aromatic rings. The number of fused-ring (bicyclic) bond motifs is 6. The second kappa shape index (κ2) is 14.8. The van der Waals surface area contributed by atoms with Crippen LogP contribution in [-0.4, -0.2) is 34.5 Å². The molecular weight excluding hydrogens is 779 g/mol. The fourth-order valence-electron chi connectivity index (χ4n) is 8.35. The largest absolute Gasteiger partial charge is 0.278 e. The van der Waals surface area contributed by atoms with E-state index in [9.17, 15) is 0 Å². The van der Waals surface area contributed by atoms with Gasteiger partial charge in [-0.05, 0) is 47.5 Å². The van der Waals surface area contributed by atoms with E-state index < -0.39 is 0 Å². The van der Waals surface area contributed by atoms with Crippen LogP contribution in [0.1, 0.15) is 0 Å². The van der Waals surface area contributed by atoms with E-state index in [2.05, 4.69) is 138 Å². The molecule has 0 aliphatic carbocycles. The molecule has 8 aromatic carbocycles. The third-order valence-electron chi connectivity index (χ3n) is 11.3. The maximum atomic E-state index is 5.28. The molecular formula is C54H33N7S. The number of hydrogen-bond acceptors (Lipinski definition) is 7. The molecule has 0 saturated heterocycles. The highest BCUT2D eigenvalue weighted by Crippen LogP contribution is 2.41. The molecule has 0 spiro atoms. The summed E-state index contributed by atoms with van der Waals surface area (Å²) in [5.74, 6) is 3.65. The molecule has 12 rings (SSSR count). The van der Waals surface area contributed by atoms with Crippen molar-refractivity contribution in [3.63, 3.8) is 0 Å². The van der Waals surface area contributed by atoms with Gasteiger partial charge in [0.1, 0.15) is 0 Å². The number of aromatic nitrogens is 7. The highest BCUT2D eigenvalue weighted by Gasteiger charge is 2.20. The van der Waals surface area contributed by atoms with Crippen molar-refractivity contribution >= 4 is 53.3 Å². The number of rotatable bonds is 7. The molecule has 7 nitrogen and oxygen atoms in total. The van der Waals surface area contributed by atoms with E-state index in [0.717, 1.165) is 80.9 Å². The van der Waals surface area contributed by atoms with Gasteiger partial charge in [0.2, 0.25) is 5.95 Å². The number of nitrogens with zero attached hydrogens (tertiary/aromatic N) is 7. The van der Waals surface area contributed by atoms with E-state index in [1.807, 2.05) is 66.7 Å². The van der Waals surface area contributed by atoms with Gasteiger partial charge >= 0.3 is 0 Å². The van der Waals surface area contributed by atoms with E-state index >= 15 is 0 Å². The Kier molecular flexibility index (Phi) is 8.53. The van der Waals surface area contributed by atoms with Crippen molar-refractivity contribution < 1.29 is 0 Å². The fraction of sp³-hybridized carbons (Fsp3) is 0. The third-order valence-corrected chi connectivity index (χ3v) is 12.6. The Labute approximate surface area is 360 Å². The normalized spacial score (nSPS) is 11.5. The molecule has 4 aromatic heterocycles. The Morgan fingerprint density at radius 2 is 0.742 bits per heavy atom. The maximum absolute atomic E-state index is 5.28. The Bertz CT molecular complexity index is 3570. The summed E-state index contributed by atoms with van der Waals surface area (Å²) in [7, 11) is 0. The van der Waals surface area contributed by atoms with Crippen LogP contribution in [0.3, 0.4) is 0 Å². The van der Waals surface area contributed by atoms with Crippen molar-refractivity contribution in [2.45, 2.75) is 0 Å². The molecule has 0 atom stereocenters. The van der Waals surface area contributed by atoms with Crippen LogP contribution in [0.4, 0.5) is 0 Å². The lowest BCUT2D eigenvalue weighted by molar-refractivity contribution is 0.954. The van der Waals surface area contributed by atoms with Crippen molar-refractivity contribution in [3.05, 3.63) is 200 Å². The zero-order valence-corrected chi connectivity index (χ0v) is 33.9. The highest BCUT2D eigenvalue weighted by atomic mass is 32.1. The van der Waals surface area contributed by atoms with Gasteiger partial charge in [0.15, 0.2) is 29.1 Å². The molecule has 4 heterocycles. The first-order chi connectivity index (χ1) is 30.7. The first-order valence-electron chi connectivity index (χ1n) is 20.5. The summed E-state index contributed by atoms with van der Waals surface area (Å²) < 4.78 is 4.40. The van der Waals surface area contributed by atoms with Crippen LogP contribution in [0.15, 0.2) is 200 Å². The van der Waals surface area contributed by atoms with Gasteiger partial charge in [0.05, 0.1) is 11.0 Å². The minimum atomic E-state index is 0.571. The molecule has 0 aliphatic heterocycles. The number of thiophene rings is 1. The molecule has 0 radical (unpaired) electrons. The lowest BCUT2D eigenvalue weighted by atomic mass is 10.0. The zero-order valence-electron chi connectivity index (χ0n) is 33.1. The molecule has 0 N–H and O–H groups in total. The number of para-hydroxylation sites is 2. The summed E-state index contributed by atoms with van der Waals surface area (Å²) >= 11 is 1.74. The van der Waals surface area contributed by atoms with Crippen LogP contribution in [0, 0.1) is 0 Å². The smallest absolute Gasteiger partial charge is 0.238 e. The van der Waals surface area contributed by atoms with E-state index in [4.69, 9.17) is 29.9 Å². The minimum Gasteiger partial charge on any atom is -0.278 e. The van der Waals surface area contributed by atoms with E-state index in [1.54, 1.807) is 11.3 Å². The van der Waals surface area contributed by atoms with Crippen LogP contribution in [0.2, 0.25) is 0 Å². The summed E-state index contributed by atoms with van der Waals surface area (Å²) in [5.41, 5.74) is 9.00. The SMILES string of the molecule is c1ccc(-c2ccc(-c3nc(-c4ccccc4)nc(-c4ccc5sc6c(-c7nc(-c8ccccc8)nc(-n8c9ccccc9c9ccccc98)n7)cccc6c5c4)n3)cc2)cc1. The topological polar surface area (TPSA) is 82.3 Å². The molecule has 0 bridgehead atoms. The summed E-state index contributed by atoms with van der Waals surface area (Å²) in [4.78, 5) is 30.8.